The van der Waals surface area contributed by atoms with Gasteiger partial charge < -0.3 is 10.3 Å². The molecule has 0 bridgehead atoms. The van der Waals surface area contributed by atoms with E-state index in [2.05, 4.69) is 17.1 Å². The first-order valence-electron chi connectivity index (χ1n) is 7.56. The van der Waals surface area contributed by atoms with Gasteiger partial charge in [-0.15, -0.1) is 0 Å². The van der Waals surface area contributed by atoms with Gasteiger partial charge in [0, 0.05) is 16.6 Å². The first-order valence-corrected chi connectivity index (χ1v) is 7.94. The Hall–Kier alpha value is -1.55. The monoisotopic (exact) mass is 305 g/mol. The molecule has 0 saturated heterocycles. The Labute approximate surface area is 129 Å². The second-order valence-electron chi connectivity index (χ2n) is 5.82. The topological polar surface area (TPSA) is 64.9 Å². The molecule has 2 aromatic rings. The van der Waals surface area contributed by atoms with Gasteiger partial charge in [0.25, 0.3) is 5.89 Å². The molecule has 1 aliphatic carbocycles. The zero-order valence-electron chi connectivity index (χ0n) is 12.2. The van der Waals surface area contributed by atoms with E-state index >= 15 is 0 Å². The van der Waals surface area contributed by atoms with Gasteiger partial charge in [-0.05, 0) is 49.8 Å². The van der Waals surface area contributed by atoms with Crippen LogP contribution in [0, 0.1) is 5.92 Å². The maximum absolute atomic E-state index is 6.01. The molecule has 1 aromatic carbocycles. The summed E-state index contributed by atoms with van der Waals surface area (Å²) in [6, 6.07) is 5.28. The summed E-state index contributed by atoms with van der Waals surface area (Å²) >= 11 is 6.01. The lowest BCUT2D eigenvalue weighted by Gasteiger charge is -2.25. The van der Waals surface area contributed by atoms with Gasteiger partial charge >= 0.3 is 0 Å². The second kappa shape index (κ2) is 6.06. The summed E-state index contributed by atoms with van der Waals surface area (Å²) in [5, 5.41) is 4.77. The summed E-state index contributed by atoms with van der Waals surface area (Å²) in [7, 11) is 0. The van der Waals surface area contributed by atoms with Crippen LogP contribution >= 0.6 is 11.6 Å². The van der Waals surface area contributed by atoms with Crippen molar-refractivity contribution in [1.82, 2.24) is 10.1 Å². The predicted octanol–water partition coefficient (Wildman–Crippen LogP) is 4.66. The minimum Gasteiger partial charge on any atom is -0.398 e. The van der Waals surface area contributed by atoms with E-state index in [1.54, 1.807) is 18.2 Å². The lowest BCUT2D eigenvalue weighted by atomic mass is 9.80. The molecule has 112 valence electrons. The van der Waals surface area contributed by atoms with Crippen molar-refractivity contribution in [1.29, 1.82) is 0 Å². The normalized spacial score (nSPS) is 22.4. The van der Waals surface area contributed by atoms with E-state index in [1.165, 1.54) is 19.3 Å². The highest BCUT2D eigenvalue weighted by atomic mass is 35.5. The van der Waals surface area contributed by atoms with Crippen LogP contribution in [0.2, 0.25) is 5.02 Å². The molecule has 1 saturated carbocycles. The van der Waals surface area contributed by atoms with Crippen LogP contribution in [0.4, 0.5) is 5.69 Å². The minimum atomic E-state index is 0.408. The predicted molar refractivity (Wildman–Crippen MR) is 84.1 cm³/mol. The van der Waals surface area contributed by atoms with Crippen LogP contribution in [-0.2, 0) is 0 Å². The summed E-state index contributed by atoms with van der Waals surface area (Å²) in [6.07, 6.45) is 6.06. The number of halogens is 1. The third-order valence-corrected chi connectivity index (χ3v) is 4.71. The number of rotatable bonds is 3. The second-order valence-corrected chi connectivity index (χ2v) is 6.25. The molecule has 4 nitrogen and oxygen atoms in total. The summed E-state index contributed by atoms with van der Waals surface area (Å²) in [5.41, 5.74) is 7.27. The highest BCUT2D eigenvalue weighted by Gasteiger charge is 2.25. The van der Waals surface area contributed by atoms with E-state index in [0.29, 0.717) is 28.1 Å². The fourth-order valence-corrected chi connectivity index (χ4v) is 3.22. The Kier molecular flexibility index (Phi) is 4.15. The van der Waals surface area contributed by atoms with Gasteiger partial charge in [0.1, 0.15) is 0 Å². The Morgan fingerprint density at radius 2 is 2.05 bits per heavy atom. The third-order valence-electron chi connectivity index (χ3n) is 4.48. The highest BCUT2D eigenvalue weighted by Crippen LogP contribution is 2.37. The van der Waals surface area contributed by atoms with E-state index < -0.39 is 0 Å². The summed E-state index contributed by atoms with van der Waals surface area (Å²) in [4.78, 5) is 4.54. The Morgan fingerprint density at radius 3 is 2.76 bits per heavy atom. The van der Waals surface area contributed by atoms with E-state index in [4.69, 9.17) is 21.9 Å². The molecule has 0 aliphatic heterocycles. The molecule has 1 aromatic heterocycles. The van der Waals surface area contributed by atoms with Crippen LogP contribution in [0.5, 0.6) is 0 Å². The highest BCUT2D eigenvalue weighted by molar-refractivity contribution is 6.31. The molecule has 0 atom stereocenters. The summed E-state index contributed by atoms with van der Waals surface area (Å²) in [5.74, 6) is 2.53. The largest absolute Gasteiger partial charge is 0.398 e. The first kappa shape index (κ1) is 14.4. The standard InChI is InChI=1S/C16H20ClN3O/c1-2-10-3-5-11(6-4-10)15-19-16(21-20-15)13-9-12(17)7-8-14(13)18/h7-11H,2-6,18H2,1H3. The lowest BCUT2D eigenvalue weighted by Crippen LogP contribution is -2.13. The SMILES string of the molecule is CCC1CCC(c2noc(-c3cc(Cl)ccc3N)n2)CC1. The van der Waals surface area contributed by atoms with Crippen LogP contribution < -0.4 is 5.73 Å². The van der Waals surface area contributed by atoms with Crippen LogP contribution in [-0.4, -0.2) is 10.1 Å². The first-order chi connectivity index (χ1) is 10.2. The Morgan fingerprint density at radius 1 is 1.29 bits per heavy atom. The third kappa shape index (κ3) is 3.05. The number of nitrogens with two attached hydrogens (primary N) is 1. The molecule has 0 spiro atoms. The number of aromatic nitrogens is 2. The molecule has 0 radical (unpaired) electrons. The number of anilines is 1. The van der Waals surface area contributed by atoms with Crippen LogP contribution in [0.25, 0.3) is 11.5 Å². The average molecular weight is 306 g/mol. The molecule has 3 rings (SSSR count). The smallest absolute Gasteiger partial charge is 0.260 e. The fraction of sp³-hybridized carbons (Fsp3) is 0.500. The molecule has 2 N–H and O–H groups in total. The van der Waals surface area contributed by atoms with Crippen molar-refractivity contribution in [3.8, 4) is 11.5 Å². The van der Waals surface area contributed by atoms with Gasteiger partial charge in [0.2, 0.25) is 0 Å². The van der Waals surface area contributed by atoms with E-state index in [9.17, 15) is 0 Å². The molecule has 0 unspecified atom stereocenters. The molecule has 1 fully saturated rings. The zero-order valence-corrected chi connectivity index (χ0v) is 12.9. The number of nitrogen functional groups attached to an aromatic ring is 1. The molecular formula is C16H20ClN3O. The summed E-state index contributed by atoms with van der Waals surface area (Å²) < 4.78 is 5.39. The Balaban J connectivity index is 1.79. The number of hydrogen-bond donors (Lipinski definition) is 1. The van der Waals surface area contributed by atoms with E-state index in [-0.39, 0.29) is 0 Å². The maximum atomic E-state index is 6.01. The molecule has 0 amide bonds. The van der Waals surface area contributed by atoms with Gasteiger partial charge in [-0.1, -0.05) is 30.1 Å². The quantitative estimate of drug-likeness (QED) is 0.838. The summed E-state index contributed by atoms with van der Waals surface area (Å²) in [6.45, 7) is 2.26. The van der Waals surface area contributed by atoms with Gasteiger partial charge in [-0.2, -0.15) is 4.98 Å². The van der Waals surface area contributed by atoms with Crippen molar-refractivity contribution < 1.29 is 4.52 Å². The van der Waals surface area contributed by atoms with Crippen molar-refractivity contribution in [2.75, 3.05) is 5.73 Å². The van der Waals surface area contributed by atoms with Crippen molar-refractivity contribution in [2.45, 2.75) is 44.9 Å². The Bertz CT molecular complexity index is 618. The van der Waals surface area contributed by atoms with Crippen molar-refractivity contribution in [2.24, 2.45) is 5.92 Å². The number of hydrogen-bond acceptors (Lipinski definition) is 4. The van der Waals surface area contributed by atoms with Crippen LogP contribution in [0.1, 0.15) is 50.8 Å². The average Bonchev–Trinajstić information content (AvgIpc) is 2.99. The maximum Gasteiger partial charge on any atom is 0.260 e. The molecule has 5 heteroatoms. The van der Waals surface area contributed by atoms with Crippen LogP contribution in [0.15, 0.2) is 22.7 Å². The van der Waals surface area contributed by atoms with Gasteiger partial charge in [0.05, 0.1) is 5.56 Å². The number of benzene rings is 1. The molecular weight excluding hydrogens is 286 g/mol. The fourth-order valence-electron chi connectivity index (χ4n) is 3.05. The van der Waals surface area contributed by atoms with E-state index in [0.717, 1.165) is 24.6 Å². The van der Waals surface area contributed by atoms with Gasteiger partial charge in [-0.3, -0.25) is 0 Å². The molecule has 21 heavy (non-hydrogen) atoms. The van der Waals surface area contributed by atoms with Gasteiger partial charge in [0.15, 0.2) is 5.82 Å². The van der Waals surface area contributed by atoms with Crippen molar-refractivity contribution in [3.63, 3.8) is 0 Å². The van der Waals surface area contributed by atoms with Gasteiger partial charge in [-0.25, -0.2) is 0 Å². The molecule has 1 heterocycles. The van der Waals surface area contributed by atoms with Crippen molar-refractivity contribution >= 4 is 17.3 Å². The molecule has 1 aliphatic rings. The minimum absolute atomic E-state index is 0.408. The zero-order chi connectivity index (χ0) is 14.8. The van der Waals surface area contributed by atoms with Crippen molar-refractivity contribution in [3.05, 3.63) is 29.0 Å². The lowest BCUT2D eigenvalue weighted by molar-refractivity contribution is 0.305. The van der Waals surface area contributed by atoms with Crippen LogP contribution in [0.3, 0.4) is 0 Å². The van der Waals surface area contributed by atoms with E-state index in [1.807, 2.05) is 0 Å². The number of nitrogens with zero attached hydrogens (tertiary/aromatic N) is 2.